The van der Waals surface area contributed by atoms with Crippen LogP contribution in [0.25, 0.3) is 0 Å². The molecule has 2 aromatic carbocycles. The zero-order chi connectivity index (χ0) is 15.4. The molecule has 0 saturated carbocycles. The molecule has 0 radical (unpaired) electrons. The second-order valence-electron chi connectivity index (χ2n) is 5.71. The molecule has 3 rings (SSSR count). The highest BCUT2D eigenvalue weighted by Gasteiger charge is 2.16. The normalized spacial score (nSPS) is 15.7. The van der Waals surface area contributed by atoms with Crippen LogP contribution in [0.2, 0.25) is 0 Å². The molecule has 0 unspecified atom stereocenters. The number of benzene rings is 2. The fraction of sp³-hybridized carbons (Fsp3) is 0.333. The number of ether oxygens (including phenoxy) is 1. The molecule has 1 aliphatic rings. The summed E-state index contributed by atoms with van der Waals surface area (Å²) in [5.74, 6) is 0.971. The Bertz CT molecular complexity index is 621. The average Bonchev–Trinajstić information content (AvgIpc) is 2.53. The van der Waals surface area contributed by atoms with Gasteiger partial charge in [-0.3, -0.25) is 0 Å². The molecule has 1 heterocycles. The van der Waals surface area contributed by atoms with E-state index in [9.17, 15) is 8.78 Å². The van der Waals surface area contributed by atoms with Gasteiger partial charge in [-0.05, 0) is 74.2 Å². The molecule has 116 valence electrons. The van der Waals surface area contributed by atoms with Crippen LogP contribution in [-0.2, 0) is 6.42 Å². The number of piperidine rings is 1. The van der Waals surface area contributed by atoms with Crippen LogP contribution in [-0.4, -0.2) is 13.1 Å². The molecule has 4 heteroatoms. The summed E-state index contributed by atoms with van der Waals surface area (Å²) in [4.78, 5) is 0. The lowest BCUT2D eigenvalue weighted by molar-refractivity contribution is 0.367. The summed E-state index contributed by atoms with van der Waals surface area (Å²) in [7, 11) is 0. The van der Waals surface area contributed by atoms with Crippen molar-refractivity contribution in [2.75, 3.05) is 13.1 Å². The van der Waals surface area contributed by atoms with Gasteiger partial charge < -0.3 is 10.1 Å². The van der Waals surface area contributed by atoms with Crippen LogP contribution in [0.5, 0.6) is 11.5 Å². The molecule has 2 aromatic rings. The van der Waals surface area contributed by atoms with Gasteiger partial charge >= 0.3 is 0 Å². The third kappa shape index (κ3) is 3.83. The highest BCUT2D eigenvalue weighted by atomic mass is 19.1. The quantitative estimate of drug-likeness (QED) is 0.909. The van der Waals surface area contributed by atoms with Crippen LogP contribution in [0.3, 0.4) is 0 Å². The van der Waals surface area contributed by atoms with Crippen LogP contribution in [0.15, 0.2) is 42.5 Å². The molecule has 1 saturated heterocycles. The van der Waals surface area contributed by atoms with Crippen LogP contribution < -0.4 is 10.1 Å². The molecule has 22 heavy (non-hydrogen) atoms. The van der Waals surface area contributed by atoms with Crippen molar-refractivity contribution < 1.29 is 13.5 Å². The number of halogens is 2. The Morgan fingerprint density at radius 2 is 1.64 bits per heavy atom. The molecule has 0 aliphatic carbocycles. The first kappa shape index (κ1) is 15.0. The highest BCUT2D eigenvalue weighted by Crippen LogP contribution is 2.30. The maximum Gasteiger partial charge on any atom is 0.133 e. The third-order valence-corrected chi connectivity index (χ3v) is 4.04. The van der Waals surface area contributed by atoms with Gasteiger partial charge in [0.15, 0.2) is 0 Å². The van der Waals surface area contributed by atoms with Crippen molar-refractivity contribution >= 4 is 0 Å². The third-order valence-electron chi connectivity index (χ3n) is 4.04. The lowest BCUT2D eigenvalue weighted by atomic mass is 9.90. The van der Waals surface area contributed by atoms with Crippen molar-refractivity contribution in [3.8, 4) is 11.5 Å². The van der Waals surface area contributed by atoms with Crippen molar-refractivity contribution in [3.63, 3.8) is 0 Å². The zero-order valence-electron chi connectivity index (χ0n) is 12.3. The van der Waals surface area contributed by atoms with E-state index >= 15 is 0 Å². The van der Waals surface area contributed by atoms with E-state index in [0.29, 0.717) is 17.4 Å². The van der Waals surface area contributed by atoms with E-state index in [1.165, 1.54) is 24.3 Å². The molecule has 1 aliphatic heterocycles. The minimum atomic E-state index is -0.328. The minimum absolute atomic E-state index is 0.318. The predicted octanol–water partition coefficient (Wildman–Crippen LogP) is 4.30. The topological polar surface area (TPSA) is 21.3 Å². The zero-order valence-corrected chi connectivity index (χ0v) is 12.3. The SMILES string of the molecule is Fc1ccc(Oc2cc(F)ccc2CC2CCNCC2)cc1. The summed E-state index contributed by atoms with van der Waals surface area (Å²) in [6.45, 7) is 2.06. The monoisotopic (exact) mass is 303 g/mol. The van der Waals surface area contributed by atoms with E-state index in [0.717, 1.165) is 37.9 Å². The Morgan fingerprint density at radius 1 is 0.955 bits per heavy atom. The molecule has 0 bridgehead atoms. The Morgan fingerprint density at radius 3 is 2.36 bits per heavy atom. The summed E-state index contributed by atoms with van der Waals surface area (Å²) < 4.78 is 32.3. The van der Waals surface area contributed by atoms with E-state index < -0.39 is 0 Å². The van der Waals surface area contributed by atoms with E-state index in [2.05, 4.69) is 5.32 Å². The Hall–Kier alpha value is -1.94. The lowest BCUT2D eigenvalue weighted by Crippen LogP contribution is -2.28. The summed E-state index contributed by atoms with van der Waals surface area (Å²) in [5, 5.41) is 3.34. The fourth-order valence-corrected chi connectivity index (χ4v) is 2.82. The molecule has 0 spiro atoms. The second kappa shape index (κ2) is 6.88. The fourth-order valence-electron chi connectivity index (χ4n) is 2.82. The number of hydrogen-bond acceptors (Lipinski definition) is 2. The largest absolute Gasteiger partial charge is 0.457 e. The van der Waals surface area contributed by atoms with Gasteiger partial charge in [0.2, 0.25) is 0 Å². The van der Waals surface area contributed by atoms with Gasteiger partial charge in [0.05, 0.1) is 0 Å². The molecule has 1 N–H and O–H groups in total. The average molecular weight is 303 g/mol. The minimum Gasteiger partial charge on any atom is -0.457 e. The van der Waals surface area contributed by atoms with E-state index in [4.69, 9.17) is 4.74 Å². The number of rotatable bonds is 4. The molecule has 0 amide bonds. The van der Waals surface area contributed by atoms with Gasteiger partial charge in [-0.2, -0.15) is 0 Å². The predicted molar refractivity (Wildman–Crippen MR) is 82.2 cm³/mol. The maximum atomic E-state index is 13.5. The van der Waals surface area contributed by atoms with Crippen molar-refractivity contribution in [1.29, 1.82) is 0 Å². The molecule has 1 fully saturated rings. The molecule has 0 aromatic heterocycles. The first-order chi connectivity index (χ1) is 10.7. The molecule has 0 atom stereocenters. The Kier molecular flexibility index (Phi) is 4.68. The molecular weight excluding hydrogens is 284 g/mol. The van der Waals surface area contributed by atoms with Crippen LogP contribution in [0.1, 0.15) is 18.4 Å². The molecular formula is C18H19F2NO. The van der Waals surface area contributed by atoms with Gasteiger partial charge in [0.25, 0.3) is 0 Å². The summed E-state index contributed by atoms with van der Waals surface area (Å²) in [6.07, 6.45) is 3.11. The standard InChI is InChI=1S/C18H19F2NO/c19-15-3-5-17(6-4-15)22-18-12-16(20)2-1-14(18)11-13-7-9-21-10-8-13/h1-6,12-13,21H,7-11H2. The Labute approximate surface area is 129 Å². The van der Waals surface area contributed by atoms with Gasteiger partial charge in [0, 0.05) is 6.07 Å². The van der Waals surface area contributed by atoms with Crippen molar-refractivity contribution in [2.45, 2.75) is 19.3 Å². The first-order valence-corrected chi connectivity index (χ1v) is 7.63. The van der Waals surface area contributed by atoms with Gasteiger partial charge in [-0.1, -0.05) is 6.07 Å². The first-order valence-electron chi connectivity index (χ1n) is 7.63. The van der Waals surface area contributed by atoms with Crippen LogP contribution in [0, 0.1) is 17.6 Å². The van der Waals surface area contributed by atoms with Crippen LogP contribution >= 0.6 is 0 Å². The van der Waals surface area contributed by atoms with Crippen molar-refractivity contribution in [1.82, 2.24) is 5.32 Å². The van der Waals surface area contributed by atoms with Crippen molar-refractivity contribution in [3.05, 3.63) is 59.7 Å². The Balaban J connectivity index is 1.79. The highest BCUT2D eigenvalue weighted by molar-refractivity contribution is 5.38. The summed E-state index contributed by atoms with van der Waals surface area (Å²) in [5.41, 5.74) is 0.998. The van der Waals surface area contributed by atoms with E-state index in [-0.39, 0.29) is 11.6 Å². The lowest BCUT2D eigenvalue weighted by Gasteiger charge is -2.23. The van der Waals surface area contributed by atoms with E-state index in [1.807, 2.05) is 0 Å². The smallest absolute Gasteiger partial charge is 0.133 e. The second-order valence-corrected chi connectivity index (χ2v) is 5.71. The number of nitrogens with one attached hydrogen (secondary N) is 1. The van der Waals surface area contributed by atoms with Gasteiger partial charge in [0.1, 0.15) is 23.1 Å². The molecule has 2 nitrogen and oxygen atoms in total. The number of hydrogen-bond donors (Lipinski definition) is 1. The van der Waals surface area contributed by atoms with Crippen LogP contribution in [0.4, 0.5) is 8.78 Å². The summed E-state index contributed by atoms with van der Waals surface area (Å²) in [6, 6.07) is 10.4. The van der Waals surface area contributed by atoms with Gasteiger partial charge in [-0.15, -0.1) is 0 Å². The van der Waals surface area contributed by atoms with Gasteiger partial charge in [-0.25, -0.2) is 8.78 Å². The van der Waals surface area contributed by atoms with Crippen molar-refractivity contribution in [2.24, 2.45) is 5.92 Å². The summed E-state index contributed by atoms with van der Waals surface area (Å²) >= 11 is 0. The van der Waals surface area contributed by atoms with E-state index in [1.54, 1.807) is 18.2 Å². The maximum absolute atomic E-state index is 13.5.